The summed E-state index contributed by atoms with van der Waals surface area (Å²) in [5.74, 6) is 2.55. The van der Waals surface area contributed by atoms with Gasteiger partial charge in [-0.1, -0.05) is 0 Å². The minimum atomic E-state index is -0.179. The number of β-amino-alcohol motifs (C(OH)–C–C–N with tert-alkyl or cyclic N) is 1. The molecule has 80 valence electrons. The Kier molecular flexibility index (Phi) is 2.31. The van der Waals surface area contributed by atoms with Gasteiger partial charge in [0.25, 0.3) is 0 Å². The fourth-order valence-electron chi connectivity index (χ4n) is 1.75. The highest BCUT2D eigenvalue weighted by atomic mass is 127. The Bertz CT molecular complexity index is 388. The molecule has 2 aliphatic rings. The average molecular weight is 317 g/mol. The summed E-state index contributed by atoms with van der Waals surface area (Å²) in [6.07, 6.45) is 2.27. The quantitative estimate of drug-likeness (QED) is 0.656. The molecule has 1 saturated heterocycles. The van der Waals surface area contributed by atoms with Crippen LogP contribution in [-0.2, 0) is 0 Å². The summed E-state index contributed by atoms with van der Waals surface area (Å²) in [7, 11) is 0. The second-order valence-electron chi connectivity index (χ2n) is 4.24. The molecular weight excluding hydrogens is 305 g/mol. The summed E-state index contributed by atoms with van der Waals surface area (Å²) >= 11 is 2.23. The molecule has 0 aromatic carbocycles. The van der Waals surface area contributed by atoms with E-state index in [0.29, 0.717) is 19.0 Å². The third-order valence-corrected chi connectivity index (χ3v) is 3.38. The van der Waals surface area contributed by atoms with Crippen molar-refractivity contribution in [2.45, 2.75) is 24.9 Å². The van der Waals surface area contributed by atoms with Crippen LogP contribution in [0.5, 0.6) is 0 Å². The van der Waals surface area contributed by atoms with E-state index in [9.17, 15) is 5.11 Å². The van der Waals surface area contributed by atoms with Gasteiger partial charge in [-0.25, -0.2) is 9.97 Å². The van der Waals surface area contributed by atoms with Gasteiger partial charge in [0.1, 0.15) is 15.3 Å². The molecule has 1 N–H and O–H groups in total. The Morgan fingerprint density at radius 2 is 2.07 bits per heavy atom. The zero-order valence-electron chi connectivity index (χ0n) is 8.23. The maximum absolute atomic E-state index is 9.25. The number of aliphatic hydroxyl groups excluding tert-OH is 1. The topological polar surface area (TPSA) is 49.2 Å². The maximum Gasteiger partial charge on any atom is 0.135 e. The summed E-state index contributed by atoms with van der Waals surface area (Å²) in [5.41, 5.74) is 0. The van der Waals surface area contributed by atoms with Crippen LogP contribution in [0.15, 0.2) is 6.07 Å². The number of halogens is 1. The minimum Gasteiger partial charge on any atom is -0.389 e. The molecule has 2 fully saturated rings. The Balaban J connectivity index is 1.87. The Hall–Kier alpha value is -0.430. The number of hydrogen-bond donors (Lipinski definition) is 1. The molecule has 5 heteroatoms. The third-order valence-electron chi connectivity index (χ3n) is 2.83. The highest BCUT2D eigenvalue weighted by molar-refractivity contribution is 14.1. The lowest BCUT2D eigenvalue weighted by Gasteiger charge is -2.36. The monoisotopic (exact) mass is 317 g/mol. The zero-order chi connectivity index (χ0) is 10.4. The van der Waals surface area contributed by atoms with E-state index in [1.165, 1.54) is 12.8 Å². The third kappa shape index (κ3) is 1.94. The molecule has 1 aliphatic carbocycles. The van der Waals surface area contributed by atoms with Crippen molar-refractivity contribution in [2.24, 2.45) is 0 Å². The molecule has 0 bridgehead atoms. The molecule has 15 heavy (non-hydrogen) atoms. The van der Waals surface area contributed by atoms with Crippen LogP contribution < -0.4 is 4.90 Å². The fraction of sp³-hybridized carbons (Fsp3) is 0.600. The van der Waals surface area contributed by atoms with E-state index in [-0.39, 0.29) is 6.10 Å². The van der Waals surface area contributed by atoms with Crippen LogP contribution in [0.4, 0.5) is 5.82 Å². The van der Waals surface area contributed by atoms with Crippen molar-refractivity contribution >= 4 is 28.4 Å². The van der Waals surface area contributed by atoms with E-state index in [1.54, 1.807) is 0 Å². The smallest absolute Gasteiger partial charge is 0.135 e. The largest absolute Gasteiger partial charge is 0.389 e. The highest BCUT2D eigenvalue weighted by Crippen LogP contribution is 2.39. The number of nitrogens with zero attached hydrogens (tertiary/aromatic N) is 3. The van der Waals surface area contributed by atoms with Gasteiger partial charge in [0.15, 0.2) is 0 Å². The van der Waals surface area contributed by atoms with E-state index in [1.807, 2.05) is 6.07 Å². The van der Waals surface area contributed by atoms with Crippen molar-refractivity contribution in [1.29, 1.82) is 0 Å². The number of anilines is 1. The standard InChI is InChI=1S/C10H12IN3O/c11-8-3-9(14-4-7(15)5-14)13-10(12-8)6-1-2-6/h3,6-7,15H,1-2,4-5H2. The van der Waals surface area contributed by atoms with Crippen LogP contribution in [-0.4, -0.2) is 34.3 Å². The molecule has 1 aromatic heterocycles. The van der Waals surface area contributed by atoms with Crippen molar-refractivity contribution in [3.63, 3.8) is 0 Å². The van der Waals surface area contributed by atoms with Gasteiger partial charge in [-0.15, -0.1) is 0 Å². The van der Waals surface area contributed by atoms with Crippen LogP contribution in [0.3, 0.4) is 0 Å². The molecule has 1 aromatic rings. The van der Waals surface area contributed by atoms with E-state index in [4.69, 9.17) is 0 Å². The number of aromatic nitrogens is 2. The average Bonchev–Trinajstić information content (AvgIpc) is 2.94. The van der Waals surface area contributed by atoms with E-state index >= 15 is 0 Å². The first-order valence-electron chi connectivity index (χ1n) is 5.20. The molecule has 4 nitrogen and oxygen atoms in total. The molecule has 0 radical (unpaired) electrons. The lowest BCUT2D eigenvalue weighted by atomic mass is 10.2. The summed E-state index contributed by atoms with van der Waals surface area (Å²) in [6.45, 7) is 1.41. The second kappa shape index (κ2) is 3.55. The number of rotatable bonds is 2. The SMILES string of the molecule is OC1CN(c2cc(I)nc(C3CC3)n2)C1. The number of aliphatic hydroxyl groups is 1. The summed E-state index contributed by atoms with van der Waals surface area (Å²) < 4.78 is 1.00. The lowest BCUT2D eigenvalue weighted by molar-refractivity contribution is 0.141. The van der Waals surface area contributed by atoms with Gasteiger partial charge >= 0.3 is 0 Å². The van der Waals surface area contributed by atoms with Crippen molar-refractivity contribution in [1.82, 2.24) is 9.97 Å². The maximum atomic E-state index is 9.25. The predicted octanol–water partition coefficient (Wildman–Crippen LogP) is 1.14. The second-order valence-corrected chi connectivity index (χ2v) is 5.35. The van der Waals surface area contributed by atoms with Gasteiger partial charge in [-0.3, -0.25) is 0 Å². The van der Waals surface area contributed by atoms with Crippen molar-refractivity contribution < 1.29 is 5.11 Å². The molecule has 0 spiro atoms. The molecule has 0 unspecified atom stereocenters. The molecular formula is C10H12IN3O. The normalized spacial score (nSPS) is 21.6. The summed E-state index contributed by atoms with van der Waals surface area (Å²) in [6, 6.07) is 1.98. The zero-order valence-corrected chi connectivity index (χ0v) is 10.4. The Labute approximate surface area is 102 Å². The summed E-state index contributed by atoms with van der Waals surface area (Å²) in [4.78, 5) is 11.1. The first-order valence-corrected chi connectivity index (χ1v) is 6.28. The van der Waals surface area contributed by atoms with Crippen molar-refractivity contribution in [3.8, 4) is 0 Å². The van der Waals surface area contributed by atoms with Gasteiger partial charge in [0.2, 0.25) is 0 Å². The van der Waals surface area contributed by atoms with Gasteiger partial charge < -0.3 is 10.0 Å². The fourth-order valence-corrected chi connectivity index (χ4v) is 2.28. The predicted molar refractivity (Wildman–Crippen MR) is 64.9 cm³/mol. The Morgan fingerprint density at radius 1 is 1.33 bits per heavy atom. The molecule has 1 saturated carbocycles. The number of hydrogen-bond acceptors (Lipinski definition) is 4. The molecule has 3 rings (SSSR count). The van der Waals surface area contributed by atoms with Gasteiger partial charge in [-0.2, -0.15) is 0 Å². The van der Waals surface area contributed by atoms with Crippen LogP contribution in [0.2, 0.25) is 0 Å². The Morgan fingerprint density at radius 3 is 2.67 bits per heavy atom. The van der Waals surface area contributed by atoms with E-state index in [0.717, 1.165) is 15.3 Å². The van der Waals surface area contributed by atoms with Crippen LogP contribution in [0.1, 0.15) is 24.6 Å². The van der Waals surface area contributed by atoms with Crippen LogP contribution >= 0.6 is 22.6 Å². The van der Waals surface area contributed by atoms with Crippen LogP contribution in [0, 0.1) is 3.70 Å². The minimum absolute atomic E-state index is 0.179. The van der Waals surface area contributed by atoms with Crippen LogP contribution in [0.25, 0.3) is 0 Å². The highest BCUT2D eigenvalue weighted by Gasteiger charge is 2.30. The van der Waals surface area contributed by atoms with Gasteiger partial charge in [0.05, 0.1) is 6.10 Å². The van der Waals surface area contributed by atoms with Crippen molar-refractivity contribution in [3.05, 3.63) is 15.6 Å². The first kappa shape index (κ1) is 9.77. The first-order chi connectivity index (χ1) is 7.22. The van der Waals surface area contributed by atoms with Gasteiger partial charge in [0, 0.05) is 25.1 Å². The molecule has 0 atom stereocenters. The summed E-state index contributed by atoms with van der Waals surface area (Å²) in [5, 5.41) is 9.25. The lowest BCUT2D eigenvalue weighted by Crippen LogP contribution is -2.51. The van der Waals surface area contributed by atoms with Crippen molar-refractivity contribution in [2.75, 3.05) is 18.0 Å². The molecule has 2 heterocycles. The van der Waals surface area contributed by atoms with E-state index in [2.05, 4.69) is 37.5 Å². The molecule has 1 aliphatic heterocycles. The van der Waals surface area contributed by atoms with E-state index < -0.39 is 0 Å². The van der Waals surface area contributed by atoms with Gasteiger partial charge in [-0.05, 0) is 35.4 Å². The molecule has 0 amide bonds.